The number of nitrogens with zero attached hydrogens (tertiary/aromatic N) is 2. The number of likely N-dealkylation sites (tertiary alicyclic amines) is 1. The molecule has 2 aromatic heterocycles. The third-order valence-corrected chi connectivity index (χ3v) is 5.68. The van der Waals surface area contributed by atoms with Crippen molar-refractivity contribution in [2.45, 2.75) is 19.9 Å². The topological polar surface area (TPSA) is 102 Å². The Balaban J connectivity index is 1.25. The molecule has 1 aliphatic heterocycles. The Bertz CT molecular complexity index is 1080. The molecule has 3 aromatic rings. The Morgan fingerprint density at radius 2 is 2.10 bits per heavy atom. The number of hydrogen-bond donors (Lipinski definition) is 1. The molecule has 1 atom stereocenters. The molecule has 0 saturated carbocycles. The van der Waals surface area contributed by atoms with Crippen LogP contribution in [0.15, 0.2) is 52.5 Å². The van der Waals surface area contributed by atoms with Crippen molar-refractivity contribution < 1.29 is 23.5 Å². The quantitative estimate of drug-likeness (QED) is 0.567. The van der Waals surface area contributed by atoms with Crippen molar-refractivity contribution in [3.8, 4) is 11.3 Å². The van der Waals surface area contributed by atoms with Crippen LogP contribution in [0, 0.1) is 12.8 Å². The van der Waals surface area contributed by atoms with Crippen LogP contribution in [0.4, 0.5) is 5.13 Å². The molecule has 1 N–H and O–H groups in total. The number of esters is 1. The van der Waals surface area contributed by atoms with Gasteiger partial charge in [-0.3, -0.25) is 19.7 Å². The maximum atomic E-state index is 12.3. The van der Waals surface area contributed by atoms with E-state index in [0.717, 1.165) is 16.8 Å². The van der Waals surface area contributed by atoms with Gasteiger partial charge in [-0.2, -0.15) is 0 Å². The predicted molar refractivity (Wildman–Crippen MR) is 114 cm³/mol. The number of aryl methyl sites for hydroxylation is 1. The first-order valence-electron chi connectivity index (χ1n) is 9.77. The van der Waals surface area contributed by atoms with Crippen LogP contribution in [-0.2, 0) is 25.7 Å². The monoisotopic (exact) mass is 439 g/mol. The molecule has 0 radical (unpaired) electrons. The van der Waals surface area contributed by atoms with Crippen molar-refractivity contribution in [3.63, 3.8) is 0 Å². The summed E-state index contributed by atoms with van der Waals surface area (Å²) < 4.78 is 10.4. The molecule has 1 saturated heterocycles. The van der Waals surface area contributed by atoms with Gasteiger partial charge >= 0.3 is 5.97 Å². The van der Waals surface area contributed by atoms with Crippen LogP contribution in [0.5, 0.6) is 0 Å². The smallest absolute Gasteiger partial charge is 0.311 e. The summed E-state index contributed by atoms with van der Waals surface area (Å²) in [7, 11) is 0. The normalized spacial score (nSPS) is 15.8. The Labute approximate surface area is 182 Å². The van der Waals surface area contributed by atoms with Crippen LogP contribution in [0.2, 0.25) is 0 Å². The van der Waals surface area contributed by atoms with Crippen LogP contribution in [0.1, 0.15) is 17.7 Å². The fraction of sp³-hybridized carbons (Fsp3) is 0.273. The molecule has 31 heavy (non-hydrogen) atoms. The van der Waals surface area contributed by atoms with E-state index in [2.05, 4.69) is 10.3 Å². The maximum absolute atomic E-state index is 12.3. The number of ether oxygens (including phenoxy) is 1. The summed E-state index contributed by atoms with van der Waals surface area (Å²) in [5.41, 5.74) is 2.87. The van der Waals surface area contributed by atoms with Gasteiger partial charge in [-0.05, 0) is 19.1 Å². The number of thiazole rings is 1. The van der Waals surface area contributed by atoms with Gasteiger partial charge in [0.1, 0.15) is 5.76 Å². The summed E-state index contributed by atoms with van der Waals surface area (Å²) in [6.07, 6.45) is 1.60. The first-order chi connectivity index (χ1) is 15.0. The van der Waals surface area contributed by atoms with Crippen LogP contribution in [0.25, 0.3) is 11.3 Å². The third-order valence-electron chi connectivity index (χ3n) is 4.92. The SMILES string of the molecule is Cc1ccc(-c2csc(NC(=O)COC(=O)C3CC(=O)N(Cc4ccco4)C3)n2)cc1. The van der Waals surface area contributed by atoms with Gasteiger partial charge in [-0.1, -0.05) is 29.8 Å². The van der Waals surface area contributed by atoms with E-state index in [4.69, 9.17) is 9.15 Å². The van der Waals surface area contributed by atoms with Crippen molar-refractivity contribution in [3.05, 3.63) is 59.4 Å². The second-order valence-electron chi connectivity index (χ2n) is 7.31. The molecule has 1 unspecified atom stereocenters. The lowest BCUT2D eigenvalue weighted by Gasteiger charge is -2.14. The highest BCUT2D eigenvalue weighted by Crippen LogP contribution is 2.25. The lowest BCUT2D eigenvalue weighted by atomic mass is 10.1. The summed E-state index contributed by atoms with van der Waals surface area (Å²) >= 11 is 1.29. The van der Waals surface area contributed by atoms with E-state index in [1.165, 1.54) is 17.6 Å². The molecule has 1 fully saturated rings. The van der Waals surface area contributed by atoms with E-state index in [0.29, 0.717) is 17.4 Å². The zero-order valence-corrected chi connectivity index (χ0v) is 17.7. The minimum absolute atomic E-state index is 0.0630. The van der Waals surface area contributed by atoms with E-state index >= 15 is 0 Å². The zero-order valence-electron chi connectivity index (χ0n) is 16.9. The van der Waals surface area contributed by atoms with E-state index in [1.54, 1.807) is 17.0 Å². The van der Waals surface area contributed by atoms with Crippen LogP contribution < -0.4 is 5.32 Å². The maximum Gasteiger partial charge on any atom is 0.311 e. The van der Waals surface area contributed by atoms with Crippen molar-refractivity contribution in [2.75, 3.05) is 18.5 Å². The summed E-state index contributed by atoms with van der Waals surface area (Å²) in [6.45, 7) is 2.13. The number of carbonyl (C=O) groups is 3. The highest BCUT2D eigenvalue weighted by atomic mass is 32.1. The largest absolute Gasteiger partial charge is 0.467 e. The molecule has 1 aromatic carbocycles. The number of nitrogens with one attached hydrogen (secondary N) is 1. The number of anilines is 1. The zero-order chi connectivity index (χ0) is 21.8. The number of amides is 2. The minimum atomic E-state index is -0.594. The van der Waals surface area contributed by atoms with E-state index in [-0.39, 0.29) is 18.9 Å². The van der Waals surface area contributed by atoms with Gasteiger partial charge in [-0.15, -0.1) is 11.3 Å². The number of rotatable bonds is 7. The van der Waals surface area contributed by atoms with Crippen molar-refractivity contribution in [2.24, 2.45) is 5.92 Å². The van der Waals surface area contributed by atoms with Gasteiger partial charge in [-0.25, -0.2) is 4.98 Å². The average molecular weight is 439 g/mol. The molecule has 8 nitrogen and oxygen atoms in total. The van der Waals surface area contributed by atoms with Crippen LogP contribution >= 0.6 is 11.3 Å². The molecule has 0 aliphatic carbocycles. The lowest BCUT2D eigenvalue weighted by molar-refractivity contribution is -0.151. The molecule has 0 bridgehead atoms. The molecule has 4 rings (SSSR count). The molecular formula is C22H21N3O5S. The standard InChI is InChI=1S/C22H21N3O5S/c1-14-4-6-15(7-5-14)18-13-31-22(23-18)24-19(26)12-30-21(28)16-9-20(27)25(10-16)11-17-3-2-8-29-17/h2-8,13,16H,9-12H2,1H3,(H,23,24,26). The molecule has 160 valence electrons. The molecular weight excluding hydrogens is 418 g/mol. The second-order valence-corrected chi connectivity index (χ2v) is 8.17. The van der Waals surface area contributed by atoms with Crippen molar-refractivity contribution >= 4 is 34.3 Å². The number of furan rings is 1. The van der Waals surface area contributed by atoms with E-state index < -0.39 is 24.4 Å². The van der Waals surface area contributed by atoms with Gasteiger partial charge in [0.05, 0.1) is 24.4 Å². The van der Waals surface area contributed by atoms with Crippen LogP contribution in [-0.4, -0.2) is 40.8 Å². The first-order valence-corrected chi connectivity index (χ1v) is 10.6. The lowest BCUT2D eigenvalue weighted by Crippen LogP contribution is -2.28. The van der Waals surface area contributed by atoms with Gasteiger partial charge in [0, 0.05) is 23.9 Å². The van der Waals surface area contributed by atoms with E-state index in [1.807, 2.05) is 36.6 Å². The first kappa shape index (κ1) is 20.8. The van der Waals surface area contributed by atoms with Gasteiger partial charge in [0.25, 0.3) is 5.91 Å². The van der Waals surface area contributed by atoms with Crippen molar-refractivity contribution in [1.29, 1.82) is 0 Å². The molecule has 2 amide bonds. The number of carbonyl (C=O) groups excluding carboxylic acids is 3. The highest BCUT2D eigenvalue weighted by molar-refractivity contribution is 7.14. The van der Waals surface area contributed by atoms with Gasteiger partial charge < -0.3 is 14.1 Å². The summed E-state index contributed by atoms with van der Waals surface area (Å²) in [4.78, 5) is 42.5. The van der Waals surface area contributed by atoms with Gasteiger partial charge in [0.15, 0.2) is 11.7 Å². The number of aromatic nitrogens is 1. The molecule has 0 spiro atoms. The second kappa shape index (κ2) is 9.13. The number of benzene rings is 1. The summed E-state index contributed by atoms with van der Waals surface area (Å²) in [6, 6.07) is 11.4. The Morgan fingerprint density at radius 3 is 2.84 bits per heavy atom. The minimum Gasteiger partial charge on any atom is -0.467 e. The molecule has 1 aliphatic rings. The molecule has 3 heterocycles. The average Bonchev–Trinajstić information content (AvgIpc) is 3.50. The number of hydrogen-bond acceptors (Lipinski definition) is 7. The van der Waals surface area contributed by atoms with Crippen molar-refractivity contribution in [1.82, 2.24) is 9.88 Å². The highest BCUT2D eigenvalue weighted by Gasteiger charge is 2.35. The fourth-order valence-corrected chi connectivity index (χ4v) is 4.01. The van der Waals surface area contributed by atoms with Gasteiger partial charge in [0.2, 0.25) is 5.91 Å². The Morgan fingerprint density at radius 1 is 1.29 bits per heavy atom. The van der Waals surface area contributed by atoms with E-state index in [9.17, 15) is 14.4 Å². The summed E-state index contributed by atoms with van der Waals surface area (Å²) in [5, 5.41) is 4.92. The third kappa shape index (κ3) is 5.18. The Hall–Kier alpha value is -3.46. The summed E-state index contributed by atoms with van der Waals surface area (Å²) in [5.74, 6) is -1.13. The van der Waals surface area contributed by atoms with Crippen LogP contribution in [0.3, 0.4) is 0 Å². The molecule has 9 heteroatoms. The fourth-order valence-electron chi connectivity index (χ4n) is 3.27. The Kier molecular flexibility index (Phi) is 6.13. The predicted octanol–water partition coefficient (Wildman–Crippen LogP) is 3.24.